The number of hydrogen-bond acceptors (Lipinski definition) is 5. The Hall–Kier alpha value is -3.45. The third kappa shape index (κ3) is 5.00. The lowest BCUT2D eigenvalue weighted by atomic mass is 10.2. The van der Waals surface area contributed by atoms with Gasteiger partial charge in [0.15, 0.2) is 0 Å². The van der Waals surface area contributed by atoms with Gasteiger partial charge in [0.25, 0.3) is 5.91 Å². The summed E-state index contributed by atoms with van der Waals surface area (Å²) < 4.78 is 32.0. The van der Waals surface area contributed by atoms with Crippen LogP contribution in [0.5, 0.6) is 0 Å². The molecule has 1 aliphatic heterocycles. The van der Waals surface area contributed by atoms with E-state index in [4.69, 9.17) is 4.74 Å². The van der Waals surface area contributed by atoms with Crippen LogP contribution in [0.25, 0.3) is 0 Å². The monoisotopic (exact) mass is 436 g/mol. The molecule has 0 aliphatic carbocycles. The summed E-state index contributed by atoms with van der Waals surface area (Å²) in [6, 6.07) is 13.9. The number of carbonyl (C=O) groups is 1. The first-order chi connectivity index (χ1) is 15.0. The van der Waals surface area contributed by atoms with Gasteiger partial charge >= 0.3 is 0 Å². The summed E-state index contributed by atoms with van der Waals surface area (Å²) in [4.78, 5) is 19.6. The number of ether oxygens (including phenoxy) is 1. The van der Waals surface area contributed by atoms with E-state index >= 15 is 0 Å². The molecule has 3 heterocycles. The van der Waals surface area contributed by atoms with Crippen molar-refractivity contribution in [2.24, 2.45) is 0 Å². The van der Waals surface area contributed by atoms with Gasteiger partial charge in [-0.2, -0.15) is 4.31 Å². The molecule has 0 radical (unpaired) electrons. The molecule has 1 amide bonds. The van der Waals surface area contributed by atoms with Gasteiger partial charge in [0.1, 0.15) is 16.3 Å². The number of H-pyrrole nitrogens is 1. The number of morpholine rings is 1. The van der Waals surface area contributed by atoms with E-state index in [0.717, 1.165) is 0 Å². The number of aromatic amines is 1. The molecule has 0 spiro atoms. The third-order valence-corrected chi connectivity index (χ3v) is 6.51. The van der Waals surface area contributed by atoms with E-state index in [9.17, 15) is 13.2 Å². The summed E-state index contributed by atoms with van der Waals surface area (Å²) in [5, 5.41) is 2.76. The Morgan fingerprint density at radius 2 is 1.94 bits per heavy atom. The molecule has 0 saturated carbocycles. The average molecular weight is 436 g/mol. The van der Waals surface area contributed by atoms with Crippen LogP contribution in [0.4, 0.5) is 5.69 Å². The molecule has 31 heavy (non-hydrogen) atoms. The predicted molar refractivity (Wildman–Crippen MR) is 115 cm³/mol. The highest BCUT2D eigenvalue weighted by molar-refractivity contribution is 7.89. The maximum absolute atomic E-state index is 12.7. The summed E-state index contributed by atoms with van der Waals surface area (Å²) in [6.07, 6.45) is 3.00. The molecular weight excluding hydrogens is 416 g/mol. The van der Waals surface area contributed by atoms with E-state index < -0.39 is 15.9 Å². The number of rotatable bonds is 4. The first-order valence-corrected chi connectivity index (χ1v) is 11.1. The van der Waals surface area contributed by atoms with Gasteiger partial charge in [-0.1, -0.05) is 18.1 Å². The molecule has 1 aromatic carbocycles. The molecule has 1 fully saturated rings. The minimum Gasteiger partial charge on any atom is -0.379 e. The molecule has 0 bridgehead atoms. The Morgan fingerprint density at radius 1 is 1.10 bits per heavy atom. The van der Waals surface area contributed by atoms with Crippen LogP contribution in [0.3, 0.4) is 0 Å². The highest BCUT2D eigenvalue weighted by Crippen LogP contribution is 2.19. The Kier molecular flexibility index (Phi) is 6.13. The molecular formula is C22H20N4O4S. The maximum atomic E-state index is 12.7. The Morgan fingerprint density at radius 3 is 2.71 bits per heavy atom. The van der Waals surface area contributed by atoms with Crippen molar-refractivity contribution in [1.82, 2.24) is 14.3 Å². The van der Waals surface area contributed by atoms with E-state index in [1.54, 1.807) is 24.4 Å². The van der Waals surface area contributed by atoms with Crippen molar-refractivity contribution < 1.29 is 17.9 Å². The van der Waals surface area contributed by atoms with Crippen LogP contribution in [0, 0.1) is 11.8 Å². The summed E-state index contributed by atoms with van der Waals surface area (Å²) in [6.45, 7) is 1.30. The van der Waals surface area contributed by atoms with Crippen LogP contribution < -0.4 is 5.32 Å². The minimum atomic E-state index is -3.67. The van der Waals surface area contributed by atoms with Crippen molar-refractivity contribution in [2.45, 2.75) is 4.90 Å². The number of carbonyl (C=O) groups excluding carboxylic acids is 1. The molecule has 1 aliphatic rings. The van der Waals surface area contributed by atoms with E-state index in [1.165, 1.54) is 16.6 Å². The molecule has 2 N–H and O–H groups in total. The standard InChI is InChI=1S/C22H20N4O4S/c27-22(21-15-20(16-24-21)31(28,29)26-10-12-30-13-11-26)25-19-6-3-4-17(14-19)7-8-18-5-1-2-9-23-18/h1-6,9,14-16,24H,10-13H2,(H,25,27). The number of pyridine rings is 1. The molecule has 2 aromatic heterocycles. The molecule has 1 saturated heterocycles. The molecule has 4 rings (SSSR count). The van der Waals surface area contributed by atoms with Crippen molar-refractivity contribution in [2.75, 3.05) is 31.6 Å². The van der Waals surface area contributed by atoms with Gasteiger partial charge in [-0.3, -0.25) is 4.79 Å². The Labute approximate surface area is 180 Å². The molecule has 158 valence electrons. The van der Waals surface area contributed by atoms with Gasteiger partial charge in [0.2, 0.25) is 10.0 Å². The minimum absolute atomic E-state index is 0.0505. The fourth-order valence-electron chi connectivity index (χ4n) is 3.04. The summed E-state index contributed by atoms with van der Waals surface area (Å²) in [7, 11) is -3.67. The second-order valence-corrected chi connectivity index (χ2v) is 8.70. The van der Waals surface area contributed by atoms with Crippen LogP contribution in [0.1, 0.15) is 21.7 Å². The lowest BCUT2D eigenvalue weighted by Crippen LogP contribution is -2.40. The van der Waals surface area contributed by atoms with Crippen LogP contribution in [0.15, 0.2) is 65.8 Å². The van der Waals surface area contributed by atoms with Gasteiger partial charge in [0.05, 0.1) is 13.2 Å². The second kappa shape index (κ2) is 9.14. The summed E-state index contributed by atoms with van der Waals surface area (Å²) in [5.74, 6) is 5.53. The zero-order valence-electron chi connectivity index (χ0n) is 16.5. The van der Waals surface area contributed by atoms with Crippen molar-refractivity contribution in [3.05, 3.63) is 77.9 Å². The van der Waals surface area contributed by atoms with Crippen molar-refractivity contribution >= 4 is 21.6 Å². The number of aromatic nitrogens is 2. The number of hydrogen-bond donors (Lipinski definition) is 2. The summed E-state index contributed by atoms with van der Waals surface area (Å²) in [5.41, 5.74) is 2.06. The number of sulfonamides is 1. The normalized spacial score (nSPS) is 14.5. The molecule has 0 atom stereocenters. The molecule has 8 nitrogen and oxygen atoms in total. The first kappa shape index (κ1) is 20.8. The maximum Gasteiger partial charge on any atom is 0.272 e. The van der Waals surface area contributed by atoms with Crippen molar-refractivity contribution in [3.8, 4) is 11.8 Å². The SMILES string of the molecule is O=C(Nc1cccc(C#Cc2ccccn2)c1)c1cc(S(=O)(=O)N2CCOCC2)c[nH]1. The number of anilines is 1. The van der Waals surface area contributed by atoms with E-state index in [-0.39, 0.29) is 10.6 Å². The first-order valence-electron chi connectivity index (χ1n) is 9.63. The zero-order valence-corrected chi connectivity index (χ0v) is 17.4. The van der Waals surface area contributed by atoms with Crippen molar-refractivity contribution in [3.63, 3.8) is 0 Å². The number of nitrogens with one attached hydrogen (secondary N) is 2. The zero-order chi connectivity index (χ0) is 21.7. The lowest BCUT2D eigenvalue weighted by molar-refractivity contribution is 0.0730. The number of nitrogens with zero attached hydrogens (tertiary/aromatic N) is 2. The Balaban J connectivity index is 1.46. The second-order valence-electron chi connectivity index (χ2n) is 6.77. The smallest absolute Gasteiger partial charge is 0.272 e. The van der Waals surface area contributed by atoms with Crippen LogP contribution in [-0.4, -0.2) is 54.9 Å². The van der Waals surface area contributed by atoms with E-state index in [2.05, 4.69) is 27.1 Å². The van der Waals surface area contributed by atoms with Gasteiger partial charge < -0.3 is 15.0 Å². The van der Waals surface area contributed by atoms with Crippen LogP contribution in [-0.2, 0) is 14.8 Å². The van der Waals surface area contributed by atoms with Gasteiger partial charge in [-0.05, 0) is 42.3 Å². The predicted octanol–water partition coefficient (Wildman–Crippen LogP) is 2.08. The largest absolute Gasteiger partial charge is 0.379 e. The van der Waals surface area contributed by atoms with Crippen LogP contribution in [0.2, 0.25) is 0 Å². The van der Waals surface area contributed by atoms with Gasteiger partial charge in [-0.25, -0.2) is 13.4 Å². The number of benzene rings is 1. The number of amides is 1. The molecule has 0 unspecified atom stereocenters. The average Bonchev–Trinajstić information content (AvgIpc) is 3.31. The fraction of sp³-hybridized carbons (Fsp3) is 0.182. The topological polar surface area (TPSA) is 104 Å². The molecule has 3 aromatic rings. The summed E-state index contributed by atoms with van der Waals surface area (Å²) >= 11 is 0. The third-order valence-electron chi connectivity index (χ3n) is 4.63. The Bertz CT molecular complexity index is 1240. The fourth-order valence-corrected chi connectivity index (χ4v) is 4.44. The van der Waals surface area contributed by atoms with Crippen LogP contribution >= 0.6 is 0 Å². The molecule has 9 heteroatoms. The highest BCUT2D eigenvalue weighted by atomic mass is 32.2. The highest BCUT2D eigenvalue weighted by Gasteiger charge is 2.28. The van der Waals surface area contributed by atoms with Crippen molar-refractivity contribution in [1.29, 1.82) is 0 Å². The van der Waals surface area contributed by atoms with Gasteiger partial charge in [0, 0.05) is 36.7 Å². The quantitative estimate of drug-likeness (QED) is 0.610. The van der Waals surface area contributed by atoms with E-state index in [1.807, 2.05) is 24.3 Å². The van der Waals surface area contributed by atoms with E-state index in [0.29, 0.717) is 43.2 Å². The van der Waals surface area contributed by atoms with Gasteiger partial charge in [-0.15, -0.1) is 0 Å². The lowest BCUT2D eigenvalue weighted by Gasteiger charge is -2.25.